The second-order valence-corrected chi connectivity index (χ2v) is 4.38. The quantitative estimate of drug-likeness (QED) is 0.827. The van der Waals surface area contributed by atoms with Gasteiger partial charge in [0.25, 0.3) is 0 Å². The summed E-state index contributed by atoms with van der Waals surface area (Å²) in [5.74, 6) is 0.0110. The summed E-state index contributed by atoms with van der Waals surface area (Å²) in [5.41, 5.74) is 7.62. The molecule has 0 aliphatic carbocycles. The molecule has 0 aromatic heterocycles. The summed E-state index contributed by atoms with van der Waals surface area (Å²) in [6.45, 7) is 0.355. The van der Waals surface area contributed by atoms with Crippen LogP contribution in [0.1, 0.15) is 17.2 Å². The Morgan fingerprint density at radius 1 is 0.947 bits per heavy atom. The minimum absolute atomic E-state index is 0.0110. The molecule has 0 saturated carbocycles. The second kappa shape index (κ2) is 6.83. The molecule has 3 N–H and O–H groups in total. The number of benzene rings is 2. The van der Waals surface area contributed by atoms with Crippen LogP contribution in [-0.2, 0) is 4.79 Å². The number of ketones is 1. The van der Waals surface area contributed by atoms with E-state index in [1.54, 1.807) is 0 Å². The number of carbonyl (C=O) groups excluding carboxylic acids is 1. The predicted octanol–water partition coefficient (Wildman–Crippen LogP) is 1.89. The molecule has 2 aromatic carbocycles. The zero-order valence-electron chi connectivity index (χ0n) is 10.8. The Kier molecular flexibility index (Phi) is 4.84. The number of rotatable bonds is 6. The van der Waals surface area contributed by atoms with E-state index in [2.05, 4.69) is 29.6 Å². The summed E-state index contributed by atoms with van der Waals surface area (Å²) < 4.78 is 0. The van der Waals surface area contributed by atoms with Crippen molar-refractivity contribution in [2.75, 3.05) is 13.1 Å². The number of hydrogen-bond acceptors (Lipinski definition) is 3. The molecule has 0 radical (unpaired) electrons. The molecule has 0 amide bonds. The molecule has 98 valence electrons. The number of nitrogens with two attached hydrogens (primary N) is 1. The highest BCUT2D eigenvalue weighted by Crippen LogP contribution is 2.21. The lowest BCUT2D eigenvalue weighted by atomic mass is 9.98. The normalized spacial score (nSPS) is 10.6. The van der Waals surface area contributed by atoms with E-state index in [9.17, 15) is 4.79 Å². The Labute approximate surface area is 113 Å². The molecule has 0 atom stereocenters. The van der Waals surface area contributed by atoms with Crippen LogP contribution in [0.4, 0.5) is 0 Å². The van der Waals surface area contributed by atoms with Crippen LogP contribution in [0.5, 0.6) is 0 Å². The van der Waals surface area contributed by atoms with Gasteiger partial charge in [0.15, 0.2) is 5.78 Å². The Morgan fingerprint density at radius 2 is 1.42 bits per heavy atom. The standard InChI is InChI=1S/C16H18N2O/c17-11-15(19)12-18-16(13-7-3-1-4-8-13)14-9-5-2-6-10-14/h1-10,16,18H,11-12,17H2. The molecular weight excluding hydrogens is 236 g/mol. The van der Waals surface area contributed by atoms with Gasteiger partial charge in [-0.25, -0.2) is 0 Å². The van der Waals surface area contributed by atoms with Crippen molar-refractivity contribution in [2.45, 2.75) is 6.04 Å². The highest BCUT2D eigenvalue weighted by atomic mass is 16.1. The molecule has 0 unspecified atom stereocenters. The van der Waals surface area contributed by atoms with Crippen molar-refractivity contribution in [3.63, 3.8) is 0 Å². The molecule has 2 aromatic rings. The van der Waals surface area contributed by atoms with Crippen molar-refractivity contribution in [3.8, 4) is 0 Å². The fourth-order valence-corrected chi connectivity index (χ4v) is 2.01. The fraction of sp³-hybridized carbons (Fsp3) is 0.188. The van der Waals surface area contributed by atoms with Gasteiger partial charge in [-0.1, -0.05) is 60.7 Å². The van der Waals surface area contributed by atoms with E-state index in [0.29, 0.717) is 0 Å². The van der Waals surface area contributed by atoms with Gasteiger partial charge < -0.3 is 5.73 Å². The molecule has 3 nitrogen and oxygen atoms in total. The van der Waals surface area contributed by atoms with E-state index >= 15 is 0 Å². The number of nitrogens with one attached hydrogen (secondary N) is 1. The predicted molar refractivity (Wildman–Crippen MR) is 76.8 cm³/mol. The molecule has 19 heavy (non-hydrogen) atoms. The zero-order valence-corrected chi connectivity index (χ0v) is 10.8. The van der Waals surface area contributed by atoms with E-state index in [-0.39, 0.29) is 24.9 Å². The molecule has 0 spiro atoms. The lowest BCUT2D eigenvalue weighted by Gasteiger charge is -2.19. The topological polar surface area (TPSA) is 55.1 Å². The van der Waals surface area contributed by atoms with E-state index in [1.807, 2.05) is 36.4 Å². The first-order valence-electron chi connectivity index (χ1n) is 6.36. The number of hydrogen-bond donors (Lipinski definition) is 2. The monoisotopic (exact) mass is 254 g/mol. The van der Waals surface area contributed by atoms with Crippen molar-refractivity contribution in [1.29, 1.82) is 0 Å². The van der Waals surface area contributed by atoms with Crippen LogP contribution in [0.2, 0.25) is 0 Å². The van der Waals surface area contributed by atoms with Crippen LogP contribution in [0.15, 0.2) is 60.7 Å². The lowest BCUT2D eigenvalue weighted by Crippen LogP contribution is -2.31. The maximum absolute atomic E-state index is 11.4. The summed E-state index contributed by atoms with van der Waals surface area (Å²) in [6.07, 6.45) is 0. The molecule has 2 rings (SSSR count). The largest absolute Gasteiger partial charge is 0.324 e. The van der Waals surface area contributed by atoms with Crippen LogP contribution in [0.3, 0.4) is 0 Å². The van der Waals surface area contributed by atoms with Gasteiger partial charge in [0.05, 0.1) is 19.1 Å². The molecule has 3 heteroatoms. The smallest absolute Gasteiger partial charge is 0.160 e. The van der Waals surface area contributed by atoms with E-state index in [1.165, 1.54) is 0 Å². The van der Waals surface area contributed by atoms with Gasteiger partial charge in [-0.15, -0.1) is 0 Å². The molecule has 0 bridgehead atoms. The molecule has 0 aliphatic rings. The minimum atomic E-state index is 0.0110. The third kappa shape index (κ3) is 3.74. The third-order valence-electron chi connectivity index (χ3n) is 3.00. The molecule has 0 aliphatic heterocycles. The van der Waals surface area contributed by atoms with Gasteiger partial charge >= 0.3 is 0 Å². The molecular formula is C16H18N2O. The van der Waals surface area contributed by atoms with Gasteiger partial charge in [0.2, 0.25) is 0 Å². The van der Waals surface area contributed by atoms with Crippen LogP contribution < -0.4 is 11.1 Å². The number of carbonyl (C=O) groups is 1. The lowest BCUT2D eigenvalue weighted by molar-refractivity contribution is -0.117. The van der Waals surface area contributed by atoms with Crippen molar-refractivity contribution in [3.05, 3.63) is 71.8 Å². The van der Waals surface area contributed by atoms with Crippen molar-refractivity contribution in [2.24, 2.45) is 5.73 Å². The third-order valence-corrected chi connectivity index (χ3v) is 3.00. The van der Waals surface area contributed by atoms with Gasteiger partial charge in [-0.2, -0.15) is 0 Å². The van der Waals surface area contributed by atoms with Gasteiger partial charge in [0.1, 0.15) is 0 Å². The Bertz CT molecular complexity index is 471. The van der Waals surface area contributed by atoms with Crippen LogP contribution in [-0.4, -0.2) is 18.9 Å². The SMILES string of the molecule is NCC(=O)CNC(c1ccccc1)c1ccccc1. The minimum Gasteiger partial charge on any atom is -0.324 e. The van der Waals surface area contributed by atoms with E-state index in [0.717, 1.165) is 11.1 Å². The summed E-state index contributed by atoms with van der Waals surface area (Å²) in [7, 11) is 0. The van der Waals surface area contributed by atoms with Crippen molar-refractivity contribution >= 4 is 5.78 Å². The summed E-state index contributed by atoms with van der Waals surface area (Å²) in [6, 6.07) is 20.2. The number of Topliss-reactive ketones (excluding diaryl/α,β-unsaturated/α-hetero) is 1. The average molecular weight is 254 g/mol. The summed E-state index contributed by atoms with van der Waals surface area (Å²) >= 11 is 0. The highest BCUT2D eigenvalue weighted by molar-refractivity contribution is 5.82. The maximum atomic E-state index is 11.4. The highest BCUT2D eigenvalue weighted by Gasteiger charge is 2.13. The average Bonchev–Trinajstić information content (AvgIpc) is 2.49. The second-order valence-electron chi connectivity index (χ2n) is 4.38. The van der Waals surface area contributed by atoms with Crippen LogP contribution in [0, 0.1) is 0 Å². The van der Waals surface area contributed by atoms with Gasteiger partial charge in [-0.3, -0.25) is 10.1 Å². The van der Waals surface area contributed by atoms with E-state index < -0.39 is 0 Å². The van der Waals surface area contributed by atoms with Gasteiger partial charge in [-0.05, 0) is 11.1 Å². The Hall–Kier alpha value is -1.97. The fourth-order valence-electron chi connectivity index (χ4n) is 2.01. The summed E-state index contributed by atoms with van der Waals surface area (Å²) in [4.78, 5) is 11.4. The molecule has 0 heterocycles. The molecule has 0 saturated heterocycles. The van der Waals surface area contributed by atoms with Crippen LogP contribution >= 0.6 is 0 Å². The first-order valence-corrected chi connectivity index (χ1v) is 6.36. The van der Waals surface area contributed by atoms with E-state index in [4.69, 9.17) is 5.73 Å². The van der Waals surface area contributed by atoms with Crippen LogP contribution in [0.25, 0.3) is 0 Å². The van der Waals surface area contributed by atoms with Crippen molar-refractivity contribution in [1.82, 2.24) is 5.32 Å². The maximum Gasteiger partial charge on any atom is 0.160 e. The first-order chi connectivity index (χ1) is 9.31. The Morgan fingerprint density at radius 3 is 1.84 bits per heavy atom. The Balaban J connectivity index is 2.21. The molecule has 0 fully saturated rings. The van der Waals surface area contributed by atoms with Crippen molar-refractivity contribution < 1.29 is 4.79 Å². The first kappa shape index (κ1) is 13.5. The van der Waals surface area contributed by atoms with Gasteiger partial charge in [0, 0.05) is 0 Å². The summed E-state index contributed by atoms with van der Waals surface area (Å²) in [5, 5.41) is 3.27. The zero-order chi connectivity index (χ0) is 13.5.